The maximum absolute atomic E-state index is 10.0. The van der Waals surface area contributed by atoms with Gasteiger partial charge in [-0.15, -0.1) is 10.2 Å². The van der Waals surface area contributed by atoms with Crippen LogP contribution in [0.4, 0.5) is 0 Å². The zero-order valence-corrected chi connectivity index (χ0v) is 14.1. The smallest absolute Gasteiger partial charge is 0.191 e. The van der Waals surface area contributed by atoms with E-state index in [1.807, 2.05) is 28.8 Å². The second-order valence-electron chi connectivity index (χ2n) is 5.39. The second-order valence-corrected chi connectivity index (χ2v) is 6.38. The molecule has 6 heteroatoms. The largest absolute Gasteiger partial charge is 0.491 e. The lowest BCUT2D eigenvalue weighted by Crippen LogP contribution is -2.20. The standard InChI is InChI=1S/C16H23N3O2S/c1-4-13-5-7-15(8-6-13)21-9-14(20)10-22-16-18-17-11-19(16)12(2)3/h5-8,11-12,14,20H,4,9-10H2,1-3H3. The van der Waals surface area contributed by atoms with Crippen molar-refractivity contribution in [2.75, 3.05) is 12.4 Å². The van der Waals surface area contributed by atoms with Crippen LogP contribution in [0.3, 0.4) is 0 Å². The molecule has 0 spiro atoms. The van der Waals surface area contributed by atoms with Gasteiger partial charge in [-0.25, -0.2) is 0 Å². The minimum absolute atomic E-state index is 0.272. The molecular formula is C16H23N3O2S. The third kappa shape index (κ3) is 4.74. The molecule has 0 saturated carbocycles. The van der Waals surface area contributed by atoms with E-state index in [-0.39, 0.29) is 6.61 Å². The fraction of sp³-hybridized carbons (Fsp3) is 0.500. The van der Waals surface area contributed by atoms with Crippen molar-refractivity contribution < 1.29 is 9.84 Å². The third-order valence-corrected chi connectivity index (χ3v) is 4.38. The number of rotatable bonds is 8. The molecule has 0 aliphatic heterocycles. The van der Waals surface area contributed by atoms with Gasteiger partial charge in [-0.1, -0.05) is 30.8 Å². The van der Waals surface area contributed by atoms with Crippen molar-refractivity contribution in [3.05, 3.63) is 36.2 Å². The summed E-state index contributed by atoms with van der Waals surface area (Å²) < 4.78 is 7.60. The van der Waals surface area contributed by atoms with Gasteiger partial charge in [-0.2, -0.15) is 0 Å². The van der Waals surface area contributed by atoms with Crippen LogP contribution < -0.4 is 4.74 Å². The molecule has 1 unspecified atom stereocenters. The third-order valence-electron chi connectivity index (χ3n) is 3.28. The van der Waals surface area contributed by atoms with Gasteiger partial charge in [0.2, 0.25) is 0 Å². The Hall–Kier alpha value is -1.53. The first kappa shape index (κ1) is 16.8. The number of hydrogen-bond acceptors (Lipinski definition) is 5. The van der Waals surface area contributed by atoms with Crippen molar-refractivity contribution in [2.45, 2.75) is 44.5 Å². The summed E-state index contributed by atoms with van der Waals surface area (Å²) in [5, 5.41) is 18.8. The number of benzene rings is 1. The van der Waals surface area contributed by atoms with Crippen LogP contribution >= 0.6 is 11.8 Å². The molecule has 0 amide bonds. The zero-order valence-electron chi connectivity index (χ0n) is 13.3. The number of aliphatic hydroxyl groups is 1. The number of aromatic nitrogens is 3. The molecule has 2 rings (SSSR count). The van der Waals surface area contributed by atoms with Crippen molar-refractivity contribution in [1.29, 1.82) is 0 Å². The lowest BCUT2D eigenvalue weighted by molar-refractivity contribution is 0.126. The van der Waals surface area contributed by atoms with Gasteiger partial charge < -0.3 is 14.4 Å². The van der Waals surface area contributed by atoms with Crippen molar-refractivity contribution in [3.8, 4) is 5.75 Å². The summed E-state index contributed by atoms with van der Waals surface area (Å²) in [6.07, 6.45) is 2.18. The van der Waals surface area contributed by atoms with Crippen molar-refractivity contribution >= 4 is 11.8 Å². The molecule has 1 heterocycles. The number of ether oxygens (including phenoxy) is 1. The lowest BCUT2D eigenvalue weighted by Gasteiger charge is -2.13. The molecule has 0 radical (unpaired) electrons. The molecule has 1 N–H and O–H groups in total. The van der Waals surface area contributed by atoms with Crippen LogP contribution in [0, 0.1) is 0 Å². The maximum atomic E-state index is 10.0. The van der Waals surface area contributed by atoms with E-state index >= 15 is 0 Å². The SMILES string of the molecule is CCc1ccc(OCC(O)CSc2nncn2C(C)C)cc1. The van der Waals surface area contributed by atoms with E-state index in [9.17, 15) is 5.11 Å². The Morgan fingerprint density at radius 3 is 2.64 bits per heavy atom. The van der Waals surface area contributed by atoms with Gasteiger partial charge in [-0.05, 0) is 38.0 Å². The molecule has 0 bridgehead atoms. The molecule has 1 aromatic heterocycles. The van der Waals surface area contributed by atoms with Crippen molar-refractivity contribution in [3.63, 3.8) is 0 Å². The topological polar surface area (TPSA) is 60.2 Å². The van der Waals surface area contributed by atoms with Crippen LogP contribution in [-0.2, 0) is 6.42 Å². The van der Waals surface area contributed by atoms with Crippen molar-refractivity contribution in [2.24, 2.45) is 0 Å². The number of nitrogens with zero attached hydrogens (tertiary/aromatic N) is 3. The second kappa shape index (κ2) is 8.19. The van der Waals surface area contributed by atoms with Gasteiger partial charge in [0.25, 0.3) is 0 Å². The Labute approximate surface area is 135 Å². The number of aliphatic hydroxyl groups excluding tert-OH is 1. The minimum atomic E-state index is -0.548. The average molecular weight is 321 g/mol. The molecule has 22 heavy (non-hydrogen) atoms. The Morgan fingerprint density at radius 2 is 2.00 bits per heavy atom. The van der Waals surface area contributed by atoms with Gasteiger partial charge in [0.15, 0.2) is 5.16 Å². The molecule has 1 atom stereocenters. The Morgan fingerprint density at radius 1 is 1.27 bits per heavy atom. The average Bonchev–Trinajstić information content (AvgIpc) is 3.00. The van der Waals surface area contributed by atoms with E-state index in [1.165, 1.54) is 17.3 Å². The Kier molecular flexibility index (Phi) is 6.27. The molecule has 0 saturated heterocycles. The highest BCUT2D eigenvalue weighted by atomic mass is 32.2. The van der Waals surface area contributed by atoms with E-state index in [0.29, 0.717) is 11.8 Å². The van der Waals surface area contributed by atoms with Gasteiger partial charge in [-0.3, -0.25) is 0 Å². The summed E-state index contributed by atoms with van der Waals surface area (Å²) in [4.78, 5) is 0. The van der Waals surface area contributed by atoms with Crippen LogP contribution in [-0.4, -0.2) is 38.3 Å². The molecule has 2 aromatic rings. The molecular weight excluding hydrogens is 298 g/mol. The first-order valence-electron chi connectivity index (χ1n) is 7.52. The zero-order chi connectivity index (χ0) is 15.9. The quantitative estimate of drug-likeness (QED) is 0.758. The Balaban J connectivity index is 1.77. The minimum Gasteiger partial charge on any atom is -0.491 e. The molecule has 5 nitrogen and oxygen atoms in total. The summed E-state index contributed by atoms with van der Waals surface area (Å²) >= 11 is 1.49. The van der Waals surface area contributed by atoms with Gasteiger partial charge in [0, 0.05) is 11.8 Å². The van der Waals surface area contributed by atoms with Crippen molar-refractivity contribution in [1.82, 2.24) is 14.8 Å². The van der Waals surface area contributed by atoms with E-state index < -0.39 is 6.10 Å². The van der Waals surface area contributed by atoms with Crippen LogP contribution in [0.2, 0.25) is 0 Å². The fourth-order valence-electron chi connectivity index (χ4n) is 1.92. The molecule has 1 aromatic carbocycles. The first-order valence-corrected chi connectivity index (χ1v) is 8.50. The summed E-state index contributed by atoms with van der Waals surface area (Å²) in [5.74, 6) is 1.31. The monoisotopic (exact) mass is 321 g/mol. The molecule has 0 aliphatic rings. The number of thioether (sulfide) groups is 1. The molecule has 0 aliphatic carbocycles. The summed E-state index contributed by atoms with van der Waals surface area (Å²) in [7, 11) is 0. The van der Waals surface area contributed by atoms with Crippen LogP contribution in [0.5, 0.6) is 5.75 Å². The summed E-state index contributed by atoms with van der Waals surface area (Å²) in [6.45, 7) is 6.54. The van der Waals surface area contributed by atoms with E-state index in [1.54, 1.807) is 6.33 Å². The first-order chi connectivity index (χ1) is 10.6. The lowest BCUT2D eigenvalue weighted by atomic mass is 10.2. The number of aryl methyl sites for hydroxylation is 1. The van der Waals surface area contributed by atoms with Gasteiger partial charge in [0.05, 0.1) is 6.10 Å². The van der Waals surface area contributed by atoms with Gasteiger partial charge in [0.1, 0.15) is 18.7 Å². The predicted molar refractivity (Wildman–Crippen MR) is 88.5 cm³/mol. The van der Waals surface area contributed by atoms with Gasteiger partial charge >= 0.3 is 0 Å². The highest BCUT2D eigenvalue weighted by Crippen LogP contribution is 2.20. The summed E-state index contributed by atoms with van der Waals surface area (Å²) in [6, 6.07) is 8.27. The van der Waals surface area contributed by atoms with E-state index in [0.717, 1.165) is 17.3 Å². The Bertz CT molecular complexity index is 569. The predicted octanol–water partition coefficient (Wildman–Crippen LogP) is 2.95. The van der Waals surface area contributed by atoms with E-state index in [2.05, 4.69) is 31.0 Å². The van der Waals surface area contributed by atoms with Crippen LogP contribution in [0.25, 0.3) is 0 Å². The maximum Gasteiger partial charge on any atom is 0.191 e. The fourth-order valence-corrected chi connectivity index (χ4v) is 2.87. The van der Waals surface area contributed by atoms with E-state index in [4.69, 9.17) is 4.74 Å². The van der Waals surface area contributed by atoms with Crippen LogP contribution in [0.1, 0.15) is 32.4 Å². The number of hydrogen-bond donors (Lipinski definition) is 1. The molecule has 0 fully saturated rings. The normalized spacial score (nSPS) is 12.6. The molecule has 120 valence electrons. The highest BCUT2D eigenvalue weighted by Gasteiger charge is 2.12. The highest BCUT2D eigenvalue weighted by molar-refractivity contribution is 7.99. The summed E-state index contributed by atoms with van der Waals surface area (Å²) in [5.41, 5.74) is 1.27. The van der Waals surface area contributed by atoms with Crippen LogP contribution in [0.15, 0.2) is 35.7 Å².